The number of carbonyl (C=O) groups is 1. The van der Waals surface area contributed by atoms with Crippen LogP contribution in [0.4, 0.5) is 0 Å². The lowest BCUT2D eigenvalue weighted by Gasteiger charge is -2.40. The molecule has 39 heavy (non-hydrogen) atoms. The van der Waals surface area contributed by atoms with Crippen molar-refractivity contribution in [3.8, 4) is 10.6 Å². The van der Waals surface area contributed by atoms with Gasteiger partial charge in [0.2, 0.25) is 0 Å². The molecule has 0 aliphatic carbocycles. The minimum absolute atomic E-state index is 0.336. The predicted molar refractivity (Wildman–Crippen MR) is 147 cm³/mol. The minimum Gasteiger partial charge on any atom is -0.394 e. The molecule has 200 valence electrons. The molecular formula is C29H27N3O6S. The van der Waals surface area contributed by atoms with Gasteiger partial charge in [0.05, 0.1) is 12.2 Å². The highest BCUT2D eigenvalue weighted by Crippen LogP contribution is 2.31. The van der Waals surface area contributed by atoms with Gasteiger partial charge in [0.15, 0.2) is 6.29 Å². The zero-order chi connectivity index (χ0) is 27.1. The third-order valence-corrected chi connectivity index (χ3v) is 7.99. The first kappa shape index (κ1) is 25.6. The Morgan fingerprint density at radius 2 is 1.85 bits per heavy atom. The van der Waals surface area contributed by atoms with Gasteiger partial charge in [0.1, 0.15) is 29.4 Å². The summed E-state index contributed by atoms with van der Waals surface area (Å²) in [7, 11) is 0. The second-order valence-corrected chi connectivity index (χ2v) is 10.5. The van der Waals surface area contributed by atoms with Crippen molar-refractivity contribution in [2.75, 3.05) is 6.61 Å². The van der Waals surface area contributed by atoms with E-state index in [9.17, 15) is 25.2 Å². The first-order valence-electron chi connectivity index (χ1n) is 12.5. The number of benzene rings is 3. The lowest BCUT2D eigenvalue weighted by molar-refractivity contribution is -0.252. The van der Waals surface area contributed by atoms with Gasteiger partial charge in [-0.2, -0.15) is 0 Å². The number of fused-ring (bicyclic) bond motifs is 2. The topological polar surface area (TPSA) is 137 Å². The Morgan fingerprint density at radius 1 is 1.03 bits per heavy atom. The summed E-state index contributed by atoms with van der Waals surface area (Å²) in [6.45, 7) is -0.0718. The Morgan fingerprint density at radius 3 is 2.62 bits per heavy atom. The molecule has 0 saturated carbocycles. The maximum atomic E-state index is 13.6. The van der Waals surface area contributed by atoms with Crippen molar-refractivity contribution in [3.05, 3.63) is 89.6 Å². The number of aliphatic hydroxyl groups is 4. The van der Waals surface area contributed by atoms with E-state index < -0.39 is 43.2 Å². The van der Waals surface area contributed by atoms with Crippen LogP contribution in [0.25, 0.3) is 32.2 Å². The fourth-order valence-electron chi connectivity index (χ4n) is 5.12. The SMILES string of the molecule is O=C(N[C@H]1C(O)OC(CO)[C@@H](O)[C@@H]1O)c1cn(Cc2ccc3ccccc3c2)c2ccc(-c3nccs3)cc12. The largest absolute Gasteiger partial charge is 0.394 e. The number of ether oxygens (including phenoxy) is 1. The maximum absolute atomic E-state index is 13.6. The highest BCUT2D eigenvalue weighted by atomic mass is 32.1. The molecule has 3 aromatic carbocycles. The van der Waals surface area contributed by atoms with E-state index >= 15 is 0 Å². The van der Waals surface area contributed by atoms with Gasteiger partial charge < -0.3 is 35.0 Å². The van der Waals surface area contributed by atoms with Crippen LogP contribution in [-0.4, -0.2) is 73.1 Å². The van der Waals surface area contributed by atoms with E-state index in [-0.39, 0.29) is 0 Å². The van der Waals surface area contributed by atoms with Gasteiger partial charge in [0.25, 0.3) is 5.91 Å². The van der Waals surface area contributed by atoms with E-state index in [0.717, 1.165) is 32.4 Å². The van der Waals surface area contributed by atoms with Crippen LogP contribution >= 0.6 is 11.3 Å². The molecule has 6 rings (SSSR count). The number of amides is 1. The molecule has 10 heteroatoms. The van der Waals surface area contributed by atoms with Crippen LogP contribution in [0.1, 0.15) is 15.9 Å². The number of rotatable bonds is 6. The summed E-state index contributed by atoms with van der Waals surface area (Å²) in [6.07, 6.45) is -2.31. The Balaban J connectivity index is 1.37. The first-order valence-corrected chi connectivity index (χ1v) is 13.4. The van der Waals surface area contributed by atoms with Crippen LogP contribution in [0.15, 0.2) is 78.4 Å². The lowest BCUT2D eigenvalue weighted by Crippen LogP contribution is -2.64. The molecule has 1 aliphatic heterocycles. The van der Waals surface area contributed by atoms with Crippen molar-refractivity contribution in [2.45, 2.75) is 37.2 Å². The molecule has 3 heterocycles. The van der Waals surface area contributed by atoms with E-state index in [2.05, 4.69) is 40.6 Å². The van der Waals surface area contributed by atoms with Crippen molar-refractivity contribution < 1.29 is 30.0 Å². The molecule has 1 fully saturated rings. The second-order valence-electron chi connectivity index (χ2n) is 9.65. The normalized spacial score (nSPS) is 23.3. The molecule has 2 aromatic heterocycles. The average molecular weight is 546 g/mol. The number of carbonyl (C=O) groups excluding carboxylic acids is 1. The quantitative estimate of drug-likeness (QED) is 0.221. The fourth-order valence-corrected chi connectivity index (χ4v) is 5.76. The summed E-state index contributed by atoms with van der Waals surface area (Å²) in [6, 6.07) is 18.9. The molecule has 0 radical (unpaired) electrons. The van der Waals surface area contributed by atoms with Gasteiger partial charge in [-0.25, -0.2) is 4.98 Å². The number of hydrogen-bond acceptors (Lipinski definition) is 8. The monoisotopic (exact) mass is 545 g/mol. The predicted octanol–water partition coefficient (Wildman–Crippen LogP) is 2.50. The summed E-state index contributed by atoms with van der Waals surface area (Å²) in [5.41, 5.74) is 3.08. The number of aromatic nitrogens is 2. The van der Waals surface area contributed by atoms with Gasteiger partial charge in [-0.15, -0.1) is 11.3 Å². The van der Waals surface area contributed by atoms with Crippen molar-refractivity contribution >= 4 is 38.9 Å². The summed E-state index contributed by atoms with van der Waals surface area (Å²) < 4.78 is 7.20. The van der Waals surface area contributed by atoms with Crippen LogP contribution in [0, 0.1) is 0 Å². The summed E-state index contributed by atoms with van der Waals surface area (Å²) >= 11 is 1.49. The Hall–Kier alpha value is -3.64. The maximum Gasteiger partial charge on any atom is 0.253 e. The van der Waals surface area contributed by atoms with Crippen molar-refractivity contribution in [1.29, 1.82) is 0 Å². The third-order valence-electron chi connectivity index (χ3n) is 7.17. The van der Waals surface area contributed by atoms with Gasteiger partial charge in [-0.1, -0.05) is 36.4 Å². The van der Waals surface area contributed by atoms with Gasteiger partial charge in [-0.05, 0) is 40.6 Å². The highest BCUT2D eigenvalue weighted by molar-refractivity contribution is 7.13. The van der Waals surface area contributed by atoms with Crippen molar-refractivity contribution in [3.63, 3.8) is 0 Å². The zero-order valence-electron chi connectivity index (χ0n) is 20.7. The fraction of sp³-hybridized carbons (Fsp3) is 0.241. The van der Waals surface area contributed by atoms with Gasteiger partial charge >= 0.3 is 0 Å². The lowest BCUT2D eigenvalue weighted by atomic mass is 9.96. The van der Waals surface area contributed by atoms with Crippen molar-refractivity contribution in [2.24, 2.45) is 0 Å². The first-order chi connectivity index (χ1) is 18.9. The molecule has 9 nitrogen and oxygen atoms in total. The number of thiazole rings is 1. The Labute approximate surface area is 227 Å². The van der Waals surface area contributed by atoms with Crippen LogP contribution in [0.5, 0.6) is 0 Å². The van der Waals surface area contributed by atoms with E-state index in [1.54, 1.807) is 12.4 Å². The highest BCUT2D eigenvalue weighted by Gasteiger charge is 2.44. The minimum atomic E-state index is -1.61. The molecule has 2 unspecified atom stereocenters. The standard InChI is InChI=1S/C29H27N3O6S/c33-15-23-25(34)26(35)24(29(37)38-23)31-27(36)21-14-32(13-16-5-6-17-3-1-2-4-18(17)11-16)22-8-7-19(12-20(21)22)28-30-9-10-39-28/h1-12,14,23-26,29,33-35,37H,13,15H2,(H,31,36)/t23?,24-,25-,26-,29?/m1/s1. The number of hydrogen-bond donors (Lipinski definition) is 5. The molecule has 1 saturated heterocycles. The summed E-state index contributed by atoms with van der Waals surface area (Å²) in [5, 5.41) is 48.8. The Kier molecular flexibility index (Phi) is 6.90. The molecule has 0 bridgehead atoms. The molecule has 5 aromatic rings. The molecule has 5 atom stereocenters. The van der Waals surface area contributed by atoms with E-state index in [4.69, 9.17) is 4.74 Å². The van der Waals surface area contributed by atoms with Gasteiger partial charge in [0, 0.05) is 40.8 Å². The molecule has 0 spiro atoms. The van der Waals surface area contributed by atoms with E-state index in [1.807, 2.05) is 40.3 Å². The number of aliphatic hydroxyl groups excluding tert-OH is 4. The van der Waals surface area contributed by atoms with E-state index in [1.165, 1.54) is 11.3 Å². The van der Waals surface area contributed by atoms with Crippen LogP contribution in [-0.2, 0) is 11.3 Å². The third kappa shape index (κ3) is 4.82. The Bertz CT molecular complexity index is 1640. The number of nitrogens with one attached hydrogen (secondary N) is 1. The van der Waals surface area contributed by atoms with Crippen LogP contribution in [0.3, 0.4) is 0 Å². The molecular weight excluding hydrogens is 518 g/mol. The molecule has 1 amide bonds. The molecule has 1 aliphatic rings. The van der Waals surface area contributed by atoms with Gasteiger partial charge in [-0.3, -0.25) is 4.79 Å². The smallest absolute Gasteiger partial charge is 0.253 e. The van der Waals surface area contributed by atoms with Crippen LogP contribution in [0.2, 0.25) is 0 Å². The summed E-state index contributed by atoms with van der Waals surface area (Å²) in [5.74, 6) is -0.546. The average Bonchev–Trinajstić information content (AvgIpc) is 3.61. The van der Waals surface area contributed by atoms with E-state index in [0.29, 0.717) is 17.5 Å². The summed E-state index contributed by atoms with van der Waals surface area (Å²) in [4.78, 5) is 18.0. The van der Waals surface area contributed by atoms with Crippen LogP contribution < -0.4 is 5.32 Å². The molecule has 5 N–H and O–H groups in total. The number of nitrogens with zero attached hydrogens (tertiary/aromatic N) is 2. The second kappa shape index (κ2) is 10.5. The van der Waals surface area contributed by atoms with Crippen molar-refractivity contribution in [1.82, 2.24) is 14.9 Å². The zero-order valence-corrected chi connectivity index (χ0v) is 21.5.